The van der Waals surface area contributed by atoms with Gasteiger partial charge in [0.25, 0.3) is 11.8 Å². The van der Waals surface area contributed by atoms with E-state index in [0.29, 0.717) is 32.9 Å². The summed E-state index contributed by atoms with van der Waals surface area (Å²) in [4.78, 5) is 36.6. The Labute approximate surface area is 277 Å². The molecule has 0 bridgehead atoms. The van der Waals surface area contributed by atoms with E-state index in [0.717, 1.165) is 32.3 Å². The molecule has 0 aliphatic carbocycles. The molecule has 2 heterocycles. The first kappa shape index (κ1) is 30.6. The van der Waals surface area contributed by atoms with E-state index in [1.54, 1.807) is 35.7 Å². The highest BCUT2D eigenvalue weighted by molar-refractivity contribution is 7.98. The number of nitrogens with one attached hydrogen (secondary N) is 2. The molecule has 224 valence electrons. The van der Waals surface area contributed by atoms with Gasteiger partial charge < -0.3 is 4.74 Å². The Morgan fingerprint density at radius 2 is 1.04 bits per heavy atom. The molecule has 0 spiro atoms. The number of hydrogen-bond donors (Lipinski definition) is 2. The molecule has 2 amide bonds. The van der Waals surface area contributed by atoms with Crippen LogP contribution < -0.4 is 15.4 Å². The lowest BCUT2D eigenvalue weighted by atomic mass is 10.1. The molecule has 0 aliphatic heterocycles. The predicted molar refractivity (Wildman–Crippen MR) is 188 cm³/mol. The van der Waals surface area contributed by atoms with Gasteiger partial charge in [-0.05, 0) is 97.4 Å². The average molecular weight is 667 g/mol. The second kappa shape index (κ2) is 14.1. The van der Waals surface area contributed by atoms with Crippen molar-refractivity contribution in [3.05, 3.63) is 119 Å². The van der Waals surface area contributed by atoms with Crippen LogP contribution in [-0.2, 0) is 0 Å². The van der Waals surface area contributed by atoms with Crippen LogP contribution in [0, 0.1) is 0 Å². The van der Waals surface area contributed by atoms with Crippen molar-refractivity contribution < 1.29 is 14.3 Å². The van der Waals surface area contributed by atoms with Gasteiger partial charge >= 0.3 is 0 Å². The van der Waals surface area contributed by atoms with Crippen LogP contribution >= 0.6 is 46.2 Å². The highest BCUT2D eigenvalue weighted by Crippen LogP contribution is 2.31. The summed E-state index contributed by atoms with van der Waals surface area (Å²) in [6.07, 6.45) is 3.96. The molecule has 0 saturated heterocycles. The van der Waals surface area contributed by atoms with Crippen LogP contribution in [0.1, 0.15) is 20.7 Å². The summed E-state index contributed by atoms with van der Waals surface area (Å²) >= 11 is 5.95. The highest BCUT2D eigenvalue weighted by atomic mass is 32.2. The number of anilines is 2. The summed E-state index contributed by atoms with van der Waals surface area (Å²) in [7, 11) is 0. The molecule has 7 nitrogen and oxygen atoms in total. The summed E-state index contributed by atoms with van der Waals surface area (Å²) in [5.41, 5.74) is 4.58. The minimum absolute atomic E-state index is 0.184. The Bertz CT molecular complexity index is 1810. The second-order valence-corrected chi connectivity index (χ2v) is 13.1. The fourth-order valence-corrected chi connectivity index (χ4v) is 6.67. The molecule has 6 aromatic rings. The fraction of sp³-hybridized carbons (Fsp3) is 0.0588. The second-order valence-electron chi connectivity index (χ2n) is 9.60. The van der Waals surface area contributed by atoms with Crippen molar-refractivity contribution in [2.45, 2.75) is 9.79 Å². The molecule has 2 aromatic heterocycles. The van der Waals surface area contributed by atoms with Crippen LogP contribution in [0.3, 0.4) is 0 Å². The molecule has 0 unspecified atom stereocenters. The molecule has 0 atom stereocenters. The van der Waals surface area contributed by atoms with Crippen LogP contribution in [0.2, 0.25) is 0 Å². The van der Waals surface area contributed by atoms with Crippen LogP contribution in [0.5, 0.6) is 11.5 Å². The SMILES string of the molecule is CSc1cccc(C(=O)Nc2nc(-c3ccc(Oc4ccc(-c5csc(NC(=O)c6cccc(SC)c6)n5)cc4)cc3)cs2)c1. The zero-order valence-electron chi connectivity index (χ0n) is 24.1. The van der Waals surface area contributed by atoms with Crippen molar-refractivity contribution in [1.82, 2.24) is 9.97 Å². The third-order valence-corrected chi connectivity index (χ3v) is 9.62. The van der Waals surface area contributed by atoms with Gasteiger partial charge in [0.15, 0.2) is 10.3 Å². The van der Waals surface area contributed by atoms with E-state index < -0.39 is 0 Å². The van der Waals surface area contributed by atoms with Gasteiger partial charge in [0.2, 0.25) is 0 Å². The minimum Gasteiger partial charge on any atom is -0.457 e. The molecule has 2 N–H and O–H groups in total. The standard InChI is InChI=1S/C34H26N4O3S4/c1-42-27-7-3-5-23(17-27)31(39)37-33-35-29(19-44-33)21-9-13-25(14-10-21)41-26-15-11-22(12-16-26)30-20-45-34(36-30)38-32(40)24-6-4-8-28(18-24)43-2/h3-20H,1-2H3,(H,35,37,39)(H,36,38,40). The number of amides is 2. The van der Waals surface area contributed by atoms with E-state index >= 15 is 0 Å². The molecular formula is C34H26N4O3S4. The minimum atomic E-state index is -0.184. The number of carbonyl (C=O) groups is 2. The zero-order chi connectivity index (χ0) is 31.2. The first-order valence-corrected chi connectivity index (χ1v) is 17.9. The molecule has 6 rings (SSSR count). The van der Waals surface area contributed by atoms with Gasteiger partial charge in [-0.15, -0.1) is 46.2 Å². The van der Waals surface area contributed by atoms with E-state index in [9.17, 15) is 9.59 Å². The van der Waals surface area contributed by atoms with Crippen molar-refractivity contribution in [2.75, 3.05) is 23.1 Å². The van der Waals surface area contributed by atoms with Gasteiger partial charge in [-0.3, -0.25) is 20.2 Å². The number of carbonyl (C=O) groups excluding carboxylic acids is 2. The maximum absolute atomic E-state index is 12.7. The smallest absolute Gasteiger partial charge is 0.257 e. The fourth-order valence-electron chi connectivity index (χ4n) is 4.32. The molecule has 4 aromatic carbocycles. The molecule has 0 fully saturated rings. The Morgan fingerprint density at radius 3 is 1.44 bits per heavy atom. The number of benzene rings is 4. The van der Waals surface area contributed by atoms with Crippen LogP contribution in [0.4, 0.5) is 10.3 Å². The van der Waals surface area contributed by atoms with Gasteiger partial charge in [-0.25, -0.2) is 9.97 Å². The van der Waals surface area contributed by atoms with Crippen molar-refractivity contribution in [2.24, 2.45) is 0 Å². The summed E-state index contributed by atoms with van der Waals surface area (Å²) in [6, 6.07) is 30.3. The monoisotopic (exact) mass is 666 g/mol. The third-order valence-electron chi connectivity index (χ3n) is 6.65. The Morgan fingerprint density at radius 1 is 0.622 bits per heavy atom. The number of hydrogen-bond acceptors (Lipinski definition) is 9. The maximum atomic E-state index is 12.7. The lowest BCUT2D eigenvalue weighted by Crippen LogP contribution is -2.11. The number of rotatable bonds is 10. The van der Waals surface area contributed by atoms with E-state index in [1.165, 1.54) is 22.7 Å². The van der Waals surface area contributed by atoms with E-state index in [1.807, 2.05) is 108 Å². The average Bonchev–Trinajstić information content (AvgIpc) is 3.75. The van der Waals surface area contributed by atoms with Crippen LogP contribution in [0.15, 0.2) is 118 Å². The van der Waals surface area contributed by atoms with Gasteiger partial charge in [0.1, 0.15) is 11.5 Å². The molecular weight excluding hydrogens is 641 g/mol. The Balaban J connectivity index is 1.05. The molecule has 45 heavy (non-hydrogen) atoms. The number of aromatic nitrogens is 2. The maximum Gasteiger partial charge on any atom is 0.257 e. The van der Waals surface area contributed by atoms with Gasteiger partial charge in [0.05, 0.1) is 11.4 Å². The normalized spacial score (nSPS) is 10.8. The molecule has 0 aliphatic rings. The van der Waals surface area contributed by atoms with Crippen molar-refractivity contribution in [3.63, 3.8) is 0 Å². The first-order chi connectivity index (χ1) is 22.0. The molecule has 11 heteroatoms. The number of thioether (sulfide) groups is 2. The van der Waals surface area contributed by atoms with Gasteiger partial charge in [-0.2, -0.15) is 0 Å². The Kier molecular flexibility index (Phi) is 9.61. The first-order valence-electron chi connectivity index (χ1n) is 13.7. The zero-order valence-corrected chi connectivity index (χ0v) is 27.4. The van der Waals surface area contributed by atoms with E-state index in [2.05, 4.69) is 20.6 Å². The van der Waals surface area contributed by atoms with Crippen molar-refractivity contribution in [1.29, 1.82) is 0 Å². The van der Waals surface area contributed by atoms with E-state index in [4.69, 9.17) is 4.74 Å². The van der Waals surface area contributed by atoms with Crippen LogP contribution in [0.25, 0.3) is 22.5 Å². The summed E-state index contributed by atoms with van der Waals surface area (Å²) in [5, 5.41) is 10.7. The number of ether oxygens (including phenoxy) is 1. The van der Waals surface area contributed by atoms with Crippen molar-refractivity contribution >= 4 is 68.3 Å². The lowest BCUT2D eigenvalue weighted by molar-refractivity contribution is 0.101. The predicted octanol–water partition coefficient (Wildman–Crippen LogP) is 9.67. The van der Waals surface area contributed by atoms with Gasteiger partial charge in [0, 0.05) is 42.8 Å². The summed E-state index contributed by atoms with van der Waals surface area (Å²) in [5.74, 6) is 1.01. The van der Waals surface area contributed by atoms with Crippen molar-refractivity contribution in [3.8, 4) is 34.0 Å². The molecule has 0 radical (unpaired) electrons. The number of nitrogens with zero attached hydrogens (tertiary/aromatic N) is 2. The lowest BCUT2D eigenvalue weighted by Gasteiger charge is -2.07. The largest absolute Gasteiger partial charge is 0.457 e. The third kappa shape index (κ3) is 7.63. The Hall–Kier alpha value is -4.42. The topological polar surface area (TPSA) is 93.2 Å². The summed E-state index contributed by atoms with van der Waals surface area (Å²) < 4.78 is 6.06. The summed E-state index contributed by atoms with van der Waals surface area (Å²) in [6.45, 7) is 0. The highest BCUT2D eigenvalue weighted by Gasteiger charge is 2.13. The molecule has 0 saturated carbocycles. The van der Waals surface area contributed by atoms with Crippen LogP contribution in [-0.4, -0.2) is 34.3 Å². The van der Waals surface area contributed by atoms with E-state index in [-0.39, 0.29) is 11.8 Å². The van der Waals surface area contributed by atoms with Gasteiger partial charge in [-0.1, -0.05) is 12.1 Å². The number of thiazole rings is 2. The quantitative estimate of drug-likeness (QED) is 0.141.